The van der Waals surface area contributed by atoms with Crippen LogP contribution in [0.25, 0.3) is 0 Å². The van der Waals surface area contributed by atoms with Gasteiger partial charge >= 0.3 is 6.03 Å². The lowest BCUT2D eigenvalue weighted by molar-refractivity contribution is -0.670. The number of carbonyl (C=O) groups excluding carboxylic acids is 1. The van der Waals surface area contributed by atoms with Crippen molar-refractivity contribution in [2.75, 3.05) is 26.3 Å². The molecule has 1 saturated heterocycles. The van der Waals surface area contributed by atoms with Crippen LogP contribution in [0, 0.1) is 0 Å². The molecule has 0 bridgehead atoms. The van der Waals surface area contributed by atoms with Gasteiger partial charge in [0.2, 0.25) is 0 Å². The van der Waals surface area contributed by atoms with E-state index < -0.39 is 0 Å². The lowest BCUT2D eigenvalue weighted by atomic mass is 10.4. The Kier molecular flexibility index (Phi) is 3.01. The van der Waals surface area contributed by atoms with Crippen LogP contribution in [0.5, 0.6) is 0 Å². The number of nitrogens with zero attached hydrogens (tertiary/aromatic N) is 3. The zero-order valence-corrected chi connectivity index (χ0v) is 8.93. The first-order valence-electron chi connectivity index (χ1n) is 5.17. The molecule has 5 nitrogen and oxygen atoms in total. The van der Waals surface area contributed by atoms with Crippen molar-refractivity contribution >= 4 is 6.03 Å². The molecule has 0 aromatic carbocycles. The largest absolute Gasteiger partial charge is 0.415 e. The Labute approximate surface area is 88.9 Å². The summed E-state index contributed by atoms with van der Waals surface area (Å²) in [7, 11) is 1.90. The second-order valence-corrected chi connectivity index (χ2v) is 3.72. The first-order valence-corrected chi connectivity index (χ1v) is 5.17. The first-order chi connectivity index (χ1) is 7.27. The number of imidazole rings is 1. The third-order valence-electron chi connectivity index (χ3n) is 2.48. The summed E-state index contributed by atoms with van der Waals surface area (Å²) in [6.07, 6.45) is 6.31. The van der Waals surface area contributed by atoms with Crippen LogP contribution >= 0.6 is 0 Å². The van der Waals surface area contributed by atoms with Crippen molar-refractivity contribution in [1.82, 2.24) is 9.47 Å². The molecule has 0 N–H and O–H groups in total. The normalized spacial score (nSPS) is 17.5. The molecule has 0 aliphatic carbocycles. The minimum Gasteiger partial charge on any atom is -0.380 e. The smallest absolute Gasteiger partial charge is 0.380 e. The molecule has 5 heteroatoms. The molecular weight excluding hydrogens is 194 g/mol. The molecule has 1 fully saturated rings. The lowest BCUT2D eigenvalue weighted by Crippen LogP contribution is -2.37. The summed E-state index contributed by atoms with van der Waals surface area (Å²) in [5.41, 5.74) is 0. The van der Waals surface area contributed by atoms with Gasteiger partial charge < -0.3 is 9.64 Å². The minimum absolute atomic E-state index is 0.0288. The molecular formula is C10H16N3O2+. The molecule has 0 spiro atoms. The summed E-state index contributed by atoms with van der Waals surface area (Å²) in [6, 6.07) is 0.0288. The number of rotatable bonds is 0. The summed E-state index contributed by atoms with van der Waals surface area (Å²) >= 11 is 0. The first kappa shape index (κ1) is 10.2. The summed E-state index contributed by atoms with van der Waals surface area (Å²) < 4.78 is 8.76. The van der Waals surface area contributed by atoms with Crippen molar-refractivity contribution in [3.63, 3.8) is 0 Å². The number of carbonyl (C=O) groups is 1. The van der Waals surface area contributed by atoms with Gasteiger partial charge in [-0.1, -0.05) is 0 Å². The molecule has 0 saturated carbocycles. The van der Waals surface area contributed by atoms with E-state index in [1.165, 1.54) is 0 Å². The van der Waals surface area contributed by atoms with Crippen LogP contribution in [0.3, 0.4) is 0 Å². The molecule has 0 radical (unpaired) electrons. The predicted molar refractivity (Wildman–Crippen MR) is 53.4 cm³/mol. The summed E-state index contributed by atoms with van der Waals surface area (Å²) in [5, 5.41) is 0. The van der Waals surface area contributed by atoms with Crippen LogP contribution in [-0.2, 0) is 11.8 Å². The van der Waals surface area contributed by atoms with Crippen LogP contribution in [0.1, 0.15) is 6.42 Å². The Hall–Kier alpha value is -1.36. The maximum atomic E-state index is 12.0. The fraction of sp³-hybridized carbons (Fsp3) is 0.600. The molecule has 1 amide bonds. The zero-order valence-electron chi connectivity index (χ0n) is 8.93. The minimum atomic E-state index is 0.0288. The molecule has 0 atom stereocenters. The molecule has 2 rings (SSSR count). The topological polar surface area (TPSA) is 38.3 Å². The molecule has 15 heavy (non-hydrogen) atoms. The van der Waals surface area contributed by atoms with E-state index in [4.69, 9.17) is 4.74 Å². The van der Waals surface area contributed by atoms with Gasteiger partial charge in [-0.3, -0.25) is 0 Å². The lowest BCUT2D eigenvalue weighted by Gasteiger charge is -2.15. The molecule has 1 aliphatic rings. The Morgan fingerprint density at radius 1 is 1.40 bits per heavy atom. The Bertz CT molecular complexity index is 340. The van der Waals surface area contributed by atoms with Gasteiger partial charge in [-0.05, 0) is 6.42 Å². The summed E-state index contributed by atoms with van der Waals surface area (Å²) in [6.45, 7) is 2.85. The van der Waals surface area contributed by atoms with Crippen molar-refractivity contribution in [3.05, 3.63) is 18.7 Å². The number of hydrogen-bond acceptors (Lipinski definition) is 2. The number of hydrogen-bond donors (Lipinski definition) is 0. The number of aryl methyl sites for hydroxylation is 1. The van der Waals surface area contributed by atoms with Crippen LogP contribution in [0.15, 0.2) is 18.7 Å². The van der Waals surface area contributed by atoms with E-state index >= 15 is 0 Å². The fourth-order valence-electron chi connectivity index (χ4n) is 1.66. The second-order valence-electron chi connectivity index (χ2n) is 3.72. The highest BCUT2D eigenvalue weighted by Gasteiger charge is 2.21. The van der Waals surface area contributed by atoms with E-state index in [1.807, 2.05) is 22.7 Å². The van der Waals surface area contributed by atoms with Gasteiger partial charge in [0.05, 0.1) is 13.7 Å². The van der Waals surface area contributed by atoms with Crippen molar-refractivity contribution in [2.24, 2.45) is 7.05 Å². The molecule has 1 aliphatic heterocycles. The maximum absolute atomic E-state index is 12.0. The van der Waals surface area contributed by atoms with Crippen molar-refractivity contribution in [2.45, 2.75) is 6.42 Å². The van der Waals surface area contributed by atoms with Gasteiger partial charge in [0.15, 0.2) is 0 Å². The maximum Gasteiger partial charge on any atom is 0.415 e. The number of ether oxygens (including phenoxy) is 1. The number of amides is 1. The van der Waals surface area contributed by atoms with Crippen LogP contribution < -0.4 is 4.57 Å². The second kappa shape index (κ2) is 4.44. The molecule has 1 aromatic heterocycles. The van der Waals surface area contributed by atoms with Crippen LogP contribution in [0.2, 0.25) is 0 Å². The van der Waals surface area contributed by atoms with Crippen molar-refractivity contribution in [3.8, 4) is 0 Å². The third kappa shape index (κ3) is 2.36. The quantitative estimate of drug-likeness (QED) is 0.565. The van der Waals surface area contributed by atoms with Crippen LogP contribution in [0.4, 0.5) is 4.79 Å². The molecule has 1 aromatic rings. The SMILES string of the molecule is C[n+]1ccn(C(=O)N2CCCOCC2)c1. The zero-order chi connectivity index (χ0) is 10.7. The molecule has 82 valence electrons. The van der Waals surface area contributed by atoms with E-state index in [-0.39, 0.29) is 6.03 Å². The average molecular weight is 210 g/mol. The van der Waals surface area contributed by atoms with Crippen molar-refractivity contribution < 1.29 is 14.1 Å². The summed E-state index contributed by atoms with van der Waals surface area (Å²) in [4.78, 5) is 13.8. The number of aromatic nitrogens is 2. The fourth-order valence-corrected chi connectivity index (χ4v) is 1.66. The Balaban J connectivity index is 2.06. The van der Waals surface area contributed by atoms with E-state index in [0.29, 0.717) is 13.2 Å². The van der Waals surface area contributed by atoms with Gasteiger partial charge in [-0.15, -0.1) is 0 Å². The van der Waals surface area contributed by atoms with E-state index in [2.05, 4.69) is 0 Å². The van der Waals surface area contributed by atoms with Gasteiger partial charge in [-0.25, -0.2) is 9.36 Å². The monoisotopic (exact) mass is 210 g/mol. The Morgan fingerprint density at radius 2 is 2.27 bits per heavy atom. The third-order valence-corrected chi connectivity index (χ3v) is 2.48. The average Bonchev–Trinajstić information content (AvgIpc) is 2.53. The van der Waals surface area contributed by atoms with Gasteiger partial charge in [0, 0.05) is 19.7 Å². The Morgan fingerprint density at radius 3 is 3.00 bits per heavy atom. The molecule has 0 unspecified atom stereocenters. The van der Waals surface area contributed by atoms with Crippen LogP contribution in [-0.4, -0.2) is 41.8 Å². The highest BCUT2D eigenvalue weighted by atomic mass is 16.5. The highest BCUT2D eigenvalue weighted by Crippen LogP contribution is 2.01. The van der Waals surface area contributed by atoms with E-state index in [1.54, 1.807) is 17.1 Å². The highest BCUT2D eigenvalue weighted by molar-refractivity contribution is 5.76. The van der Waals surface area contributed by atoms with Gasteiger partial charge in [0.25, 0.3) is 6.33 Å². The van der Waals surface area contributed by atoms with E-state index in [0.717, 1.165) is 19.6 Å². The molecule has 2 heterocycles. The van der Waals surface area contributed by atoms with Gasteiger partial charge in [-0.2, -0.15) is 4.57 Å². The predicted octanol–water partition coefficient (Wildman–Crippen LogP) is 0.00300. The van der Waals surface area contributed by atoms with E-state index in [9.17, 15) is 4.79 Å². The van der Waals surface area contributed by atoms with Gasteiger partial charge in [0.1, 0.15) is 12.4 Å². The standard InChI is InChI=1S/C10H16N3O2/c1-11-4-5-13(9-11)10(14)12-3-2-7-15-8-6-12/h4-5,9H,2-3,6-8H2,1H3/q+1. The van der Waals surface area contributed by atoms with Crippen molar-refractivity contribution in [1.29, 1.82) is 0 Å². The summed E-state index contributed by atoms with van der Waals surface area (Å²) in [5.74, 6) is 0.